The lowest BCUT2D eigenvalue weighted by molar-refractivity contribution is 0.0878. The summed E-state index contributed by atoms with van der Waals surface area (Å²) in [6.45, 7) is 13.3. The van der Waals surface area contributed by atoms with E-state index in [0.717, 1.165) is 59.8 Å². The van der Waals surface area contributed by atoms with Gasteiger partial charge in [-0.2, -0.15) is 0 Å². The number of carbonyl (C=O) groups excluding carboxylic acids is 4. The molecule has 3 heterocycles. The minimum Gasteiger partial charge on any atom is -0.268 e. The number of anilines is 2. The number of nitrogens with zero attached hydrogens (tertiary/aromatic N) is 3. The first-order chi connectivity index (χ1) is 31.7. The predicted octanol–water partition coefficient (Wildman–Crippen LogP) is 13.8. The van der Waals surface area contributed by atoms with Crippen molar-refractivity contribution in [3.05, 3.63) is 185 Å². The standard InChI is InChI=1S/C59H43N3O4/c1-58(2,3)34-28-33(29-35(30-34)59(4,5)6)37-18-21-45-51-38(37)14-11-17-44(51)56(65)62(57(45)66)49-25-24-40-42-20-23-47-53-46(22-19-41(52(42)53)39-15-10-16-43(49)50(39)40)54(63)61(55(47)64)36-26-27-60-48(31-36)32-12-8-7-9-13-32/h7-31H,1-6H3. The monoisotopic (exact) mass is 857 g/mol. The molecule has 0 aliphatic carbocycles. The van der Waals surface area contributed by atoms with Crippen molar-refractivity contribution in [2.24, 2.45) is 0 Å². The number of amides is 4. The van der Waals surface area contributed by atoms with Gasteiger partial charge in [-0.3, -0.25) is 24.2 Å². The third kappa shape index (κ3) is 5.59. The van der Waals surface area contributed by atoms with Gasteiger partial charge in [-0.05, 0) is 113 Å². The lowest BCUT2D eigenvalue weighted by atomic mass is 9.78. The molecule has 318 valence electrons. The van der Waals surface area contributed by atoms with E-state index in [1.807, 2.05) is 115 Å². The summed E-state index contributed by atoms with van der Waals surface area (Å²) in [5, 5.41) is 8.12. The number of aromatic nitrogens is 1. The Labute approximate surface area is 381 Å². The zero-order valence-corrected chi connectivity index (χ0v) is 37.4. The fraction of sp³-hybridized carbons (Fsp3) is 0.136. The minimum absolute atomic E-state index is 0.0862. The highest BCUT2D eigenvalue weighted by atomic mass is 16.2. The van der Waals surface area contributed by atoms with Crippen LogP contribution in [0.15, 0.2) is 152 Å². The molecule has 0 saturated heterocycles. The zero-order chi connectivity index (χ0) is 45.6. The number of rotatable bonds is 4. The number of hydrogen-bond donors (Lipinski definition) is 0. The van der Waals surface area contributed by atoms with E-state index in [2.05, 4.69) is 64.7 Å². The van der Waals surface area contributed by atoms with Gasteiger partial charge in [-0.1, -0.05) is 145 Å². The molecule has 7 nitrogen and oxygen atoms in total. The van der Waals surface area contributed by atoms with Gasteiger partial charge in [0.05, 0.1) is 17.1 Å². The summed E-state index contributed by atoms with van der Waals surface area (Å²) in [7, 11) is 0. The van der Waals surface area contributed by atoms with E-state index in [0.29, 0.717) is 50.1 Å². The van der Waals surface area contributed by atoms with E-state index in [1.54, 1.807) is 18.3 Å². The number of imide groups is 2. The van der Waals surface area contributed by atoms with Gasteiger partial charge < -0.3 is 0 Å². The molecule has 2 aliphatic heterocycles. The molecule has 0 bridgehead atoms. The van der Waals surface area contributed by atoms with Crippen LogP contribution in [0.4, 0.5) is 11.4 Å². The van der Waals surface area contributed by atoms with Gasteiger partial charge in [0.1, 0.15) is 0 Å². The Morgan fingerprint density at radius 3 is 1.56 bits per heavy atom. The molecule has 7 heteroatoms. The molecule has 0 radical (unpaired) electrons. The number of hydrogen-bond acceptors (Lipinski definition) is 5. The van der Waals surface area contributed by atoms with Gasteiger partial charge >= 0.3 is 0 Å². The van der Waals surface area contributed by atoms with Crippen LogP contribution in [0.2, 0.25) is 0 Å². The highest BCUT2D eigenvalue weighted by Gasteiger charge is 2.38. The maximum atomic E-state index is 14.9. The van der Waals surface area contributed by atoms with Gasteiger partial charge in [0.15, 0.2) is 0 Å². The molecule has 10 aromatic rings. The molecule has 0 N–H and O–H groups in total. The van der Waals surface area contributed by atoms with Crippen LogP contribution in [0.3, 0.4) is 0 Å². The first-order valence-electron chi connectivity index (χ1n) is 22.4. The van der Waals surface area contributed by atoms with Crippen molar-refractivity contribution in [2.75, 3.05) is 9.80 Å². The summed E-state index contributed by atoms with van der Waals surface area (Å²) in [5.41, 5.74) is 8.61. The Morgan fingerprint density at radius 1 is 0.379 bits per heavy atom. The molecule has 0 atom stereocenters. The van der Waals surface area contributed by atoms with Crippen LogP contribution in [0, 0.1) is 0 Å². The summed E-state index contributed by atoms with van der Waals surface area (Å²) in [6.07, 6.45) is 1.62. The fourth-order valence-corrected chi connectivity index (χ4v) is 10.4. The van der Waals surface area contributed by atoms with E-state index in [-0.39, 0.29) is 22.6 Å². The van der Waals surface area contributed by atoms with Crippen LogP contribution in [-0.4, -0.2) is 28.6 Å². The van der Waals surface area contributed by atoms with Crippen LogP contribution in [-0.2, 0) is 10.8 Å². The average molecular weight is 858 g/mol. The van der Waals surface area contributed by atoms with Gasteiger partial charge in [0, 0.05) is 50.2 Å². The van der Waals surface area contributed by atoms with Crippen molar-refractivity contribution in [3.8, 4) is 22.4 Å². The second kappa shape index (κ2) is 13.7. The van der Waals surface area contributed by atoms with E-state index in [9.17, 15) is 19.2 Å². The number of benzene rings is 9. The summed E-state index contributed by atoms with van der Waals surface area (Å²) in [6, 6.07) is 46.9. The third-order valence-corrected chi connectivity index (χ3v) is 13.8. The van der Waals surface area contributed by atoms with Crippen LogP contribution >= 0.6 is 0 Å². The smallest absolute Gasteiger partial charge is 0.266 e. The quantitative estimate of drug-likeness (QED) is 0.0999. The van der Waals surface area contributed by atoms with E-state index < -0.39 is 11.8 Å². The molecule has 9 aromatic carbocycles. The fourth-order valence-electron chi connectivity index (χ4n) is 10.4. The molecule has 4 amide bonds. The summed E-state index contributed by atoms with van der Waals surface area (Å²) >= 11 is 0. The van der Waals surface area contributed by atoms with E-state index in [4.69, 9.17) is 0 Å². The molecule has 0 saturated carbocycles. The van der Waals surface area contributed by atoms with Crippen LogP contribution in [0.5, 0.6) is 0 Å². The van der Waals surface area contributed by atoms with Crippen molar-refractivity contribution >= 4 is 88.9 Å². The highest BCUT2D eigenvalue weighted by molar-refractivity contribution is 6.44. The molecule has 66 heavy (non-hydrogen) atoms. The topological polar surface area (TPSA) is 87.7 Å². The summed E-state index contributed by atoms with van der Waals surface area (Å²) < 4.78 is 0. The first-order valence-corrected chi connectivity index (χ1v) is 22.4. The molecule has 12 rings (SSSR count). The van der Waals surface area contributed by atoms with Crippen molar-refractivity contribution < 1.29 is 19.2 Å². The predicted molar refractivity (Wildman–Crippen MR) is 266 cm³/mol. The third-order valence-electron chi connectivity index (χ3n) is 13.8. The summed E-state index contributed by atoms with van der Waals surface area (Å²) in [5.74, 6) is -1.57. The molecule has 0 unspecified atom stereocenters. The maximum Gasteiger partial charge on any atom is 0.266 e. The Balaban J connectivity index is 0.984. The minimum atomic E-state index is -0.404. The Hall–Kier alpha value is -8.03. The van der Waals surface area contributed by atoms with E-state index in [1.165, 1.54) is 20.9 Å². The summed E-state index contributed by atoms with van der Waals surface area (Å²) in [4.78, 5) is 65.9. The Morgan fingerprint density at radius 2 is 0.894 bits per heavy atom. The van der Waals surface area contributed by atoms with E-state index >= 15 is 0 Å². The molecular formula is C59H43N3O4. The Bertz CT molecular complexity index is 3690. The molecule has 1 aromatic heterocycles. The van der Waals surface area contributed by atoms with Crippen molar-refractivity contribution in [1.29, 1.82) is 0 Å². The normalized spacial score (nSPS) is 14.3. The molecule has 0 fully saturated rings. The Kier molecular flexibility index (Phi) is 8.23. The second-order valence-corrected chi connectivity index (χ2v) is 19.8. The molecule has 2 aliphatic rings. The number of pyridine rings is 1. The number of carbonyl (C=O) groups is 4. The van der Waals surface area contributed by atoms with Crippen molar-refractivity contribution in [2.45, 2.75) is 52.4 Å². The SMILES string of the molecule is CC(C)(C)c1cc(-c2ccc3c4c(cccc24)C(=O)N(c2ccc4c5ccc6c7c(ccc(c8cccc2c84)c75)C(=O)N(c2ccnc(-c4ccccc4)c2)C6=O)C3=O)cc(C(C)(C)C)c1. The highest BCUT2D eigenvalue weighted by Crippen LogP contribution is 2.48. The maximum absolute atomic E-state index is 14.9. The van der Waals surface area contributed by atoms with Gasteiger partial charge in [-0.15, -0.1) is 0 Å². The van der Waals surface area contributed by atoms with Gasteiger partial charge in [-0.25, -0.2) is 9.80 Å². The zero-order valence-electron chi connectivity index (χ0n) is 37.4. The average Bonchev–Trinajstić information content (AvgIpc) is 3.31. The largest absolute Gasteiger partial charge is 0.268 e. The van der Waals surface area contributed by atoms with Crippen molar-refractivity contribution in [3.63, 3.8) is 0 Å². The van der Waals surface area contributed by atoms with Crippen molar-refractivity contribution in [1.82, 2.24) is 4.98 Å². The van der Waals surface area contributed by atoms with Gasteiger partial charge in [0.25, 0.3) is 23.6 Å². The van der Waals surface area contributed by atoms with Crippen LogP contribution in [0.1, 0.15) is 94.1 Å². The first kappa shape index (κ1) is 39.6. The lowest BCUT2D eigenvalue weighted by Gasteiger charge is -2.30. The van der Waals surface area contributed by atoms with Crippen LogP contribution < -0.4 is 9.80 Å². The lowest BCUT2D eigenvalue weighted by Crippen LogP contribution is -2.40. The second-order valence-electron chi connectivity index (χ2n) is 19.8. The molecule has 0 spiro atoms. The number of fused-ring (bicyclic) bond motifs is 2. The van der Waals surface area contributed by atoms with Crippen LogP contribution in [0.25, 0.3) is 76.2 Å². The van der Waals surface area contributed by atoms with Gasteiger partial charge in [0.2, 0.25) is 0 Å². The molecular weight excluding hydrogens is 815 g/mol.